The standard InChI is InChI=1S/C13H17BrFN/c1-2-9-4-3-5-12(9)16-13-8-10(14)6-7-11(13)15/h6-9,12,16H,2-5H2,1H3. The Balaban J connectivity index is 2.11. The molecule has 2 unspecified atom stereocenters. The highest BCUT2D eigenvalue weighted by atomic mass is 79.9. The summed E-state index contributed by atoms with van der Waals surface area (Å²) in [6.07, 6.45) is 4.85. The molecule has 1 saturated carbocycles. The predicted molar refractivity (Wildman–Crippen MR) is 69.1 cm³/mol. The fraction of sp³-hybridized carbons (Fsp3) is 0.538. The number of rotatable bonds is 3. The summed E-state index contributed by atoms with van der Waals surface area (Å²) in [7, 11) is 0. The van der Waals surface area contributed by atoms with E-state index in [9.17, 15) is 4.39 Å². The Morgan fingerprint density at radius 1 is 1.44 bits per heavy atom. The van der Waals surface area contributed by atoms with E-state index in [4.69, 9.17) is 0 Å². The van der Waals surface area contributed by atoms with Crippen molar-refractivity contribution >= 4 is 21.6 Å². The minimum absolute atomic E-state index is 0.162. The third-order valence-corrected chi connectivity index (χ3v) is 3.95. The van der Waals surface area contributed by atoms with Crippen molar-refractivity contribution in [3.63, 3.8) is 0 Å². The van der Waals surface area contributed by atoms with Gasteiger partial charge in [-0.2, -0.15) is 0 Å². The fourth-order valence-electron chi connectivity index (χ4n) is 2.52. The first-order chi connectivity index (χ1) is 7.70. The van der Waals surface area contributed by atoms with Crippen LogP contribution < -0.4 is 5.32 Å². The first-order valence-corrected chi connectivity index (χ1v) is 6.71. The molecule has 88 valence electrons. The van der Waals surface area contributed by atoms with Crippen LogP contribution in [0.1, 0.15) is 32.6 Å². The summed E-state index contributed by atoms with van der Waals surface area (Å²) in [4.78, 5) is 0. The van der Waals surface area contributed by atoms with Crippen LogP contribution in [0.15, 0.2) is 22.7 Å². The van der Waals surface area contributed by atoms with E-state index in [1.54, 1.807) is 6.07 Å². The van der Waals surface area contributed by atoms with Crippen LogP contribution in [0.3, 0.4) is 0 Å². The lowest BCUT2D eigenvalue weighted by Gasteiger charge is -2.21. The lowest BCUT2D eigenvalue weighted by molar-refractivity contribution is 0.486. The van der Waals surface area contributed by atoms with Gasteiger partial charge in [0, 0.05) is 10.5 Å². The molecule has 3 heteroatoms. The third-order valence-electron chi connectivity index (χ3n) is 3.45. The monoisotopic (exact) mass is 285 g/mol. The summed E-state index contributed by atoms with van der Waals surface area (Å²) in [5, 5.41) is 3.35. The lowest BCUT2D eigenvalue weighted by Crippen LogP contribution is -2.23. The van der Waals surface area contributed by atoms with Crippen LogP contribution in [0.5, 0.6) is 0 Å². The second-order valence-electron chi connectivity index (χ2n) is 4.47. The number of anilines is 1. The zero-order chi connectivity index (χ0) is 11.5. The van der Waals surface area contributed by atoms with Gasteiger partial charge in [0.05, 0.1) is 5.69 Å². The van der Waals surface area contributed by atoms with Crippen LogP contribution in [0, 0.1) is 11.7 Å². The van der Waals surface area contributed by atoms with Gasteiger partial charge in [0.1, 0.15) is 5.82 Å². The highest BCUT2D eigenvalue weighted by molar-refractivity contribution is 9.10. The number of nitrogens with one attached hydrogen (secondary N) is 1. The molecule has 2 atom stereocenters. The van der Waals surface area contributed by atoms with Crippen LogP contribution in [0.25, 0.3) is 0 Å². The van der Waals surface area contributed by atoms with Crippen LogP contribution >= 0.6 is 15.9 Å². The Labute approximate surface area is 105 Å². The largest absolute Gasteiger partial charge is 0.380 e. The van der Waals surface area contributed by atoms with Crippen molar-refractivity contribution in [2.75, 3.05) is 5.32 Å². The summed E-state index contributed by atoms with van der Waals surface area (Å²) in [6, 6.07) is 5.49. The molecule has 0 heterocycles. The van der Waals surface area contributed by atoms with Gasteiger partial charge in [-0.25, -0.2) is 4.39 Å². The second-order valence-corrected chi connectivity index (χ2v) is 5.39. The van der Waals surface area contributed by atoms with Crippen molar-refractivity contribution in [3.8, 4) is 0 Å². The molecule has 1 aliphatic carbocycles. The Kier molecular flexibility index (Phi) is 3.85. The molecule has 1 nitrogen and oxygen atoms in total. The van der Waals surface area contributed by atoms with E-state index < -0.39 is 0 Å². The van der Waals surface area contributed by atoms with Gasteiger partial charge in [-0.15, -0.1) is 0 Å². The quantitative estimate of drug-likeness (QED) is 0.857. The first-order valence-electron chi connectivity index (χ1n) is 5.92. The van der Waals surface area contributed by atoms with E-state index in [-0.39, 0.29) is 5.82 Å². The first kappa shape index (κ1) is 11.9. The number of benzene rings is 1. The van der Waals surface area contributed by atoms with E-state index in [1.807, 2.05) is 6.07 Å². The second kappa shape index (κ2) is 5.17. The van der Waals surface area contributed by atoms with E-state index in [1.165, 1.54) is 25.3 Å². The predicted octanol–water partition coefficient (Wildman–Crippen LogP) is 4.58. The van der Waals surface area contributed by atoms with Crippen molar-refractivity contribution in [1.82, 2.24) is 0 Å². The molecule has 0 spiro atoms. The SMILES string of the molecule is CCC1CCCC1Nc1cc(Br)ccc1F. The molecule has 1 aromatic rings. The fourth-order valence-corrected chi connectivity index (χ4v) is 2.88. The Morgan fingerprint density at radius 2 is 2.25 bits per heavy atom. The topological polar surface area (TPSA) is 12.0 Å². The zero-order valence-corrected chi connectivity index (χ0v) is 11.1. The average Bonchev–Trinajstić information content (AvgIpc) is 2.71. The van der Waals surface area contributed by atoms with E-state index in [0.29, 0.717) is 17.6 Å². The molecule has 0 radical (unpaired) electrons. The number of hydrogen-bond acceptors (Lipinski definition) is 1. The zero-order valence-electron chi connectivity index (χ0n) is 9.47. The van der Waals surface area contributed by atoms with Crippen LogP contribution in [-0.4, -0.2) is 6.04 Å². The van der Waals surface area contributed by atoms with Gasteiger partial charge in [-0.3, -0.25) is 0 Å². The van der Waals surface area contributed by atoms with Gasteiger partial charge < -0.3 is 5.32 Å². The number of hydrogen-bond donors (Lipinski definition) is 1. The third kappa shape index (κ3) is 2.57. The van der Waals surface area contributed by atoms with Crippen molar-refractivity contribution in [1.29, 1.82) is 0 Å². The Morgan fingerprint density at radius 3 is 3.00 bits per heavy atom. The summed E-state index contributed by atoms with van der Waals surface area (Å²) >= 11 is 3.37. The molecule has 0 amide bonds. The summed E-state index contributed by atoms with van der Waals surface area (Å²) < 4.78 is 14.5. The van der Waals surface area contributed by atoms with Crippen molar-refractivity contribution < 1.29 is 4.39 Å². The molecule has 1 aliphatic rings. The highest BCUT2D eigenvalue weighted by Crippen LogP contribution is 2.32. The lowest BCUT2D eigenvalue weighted by atomic mass is 10.0. The molecule has 1 aromatic carbocycles. The molecule has 1 N–H and O–H groups in total. The maximum atomic E-state index is 13.6. The molecule has 2 rings (SSSR count). The molecular formula is C13H17BrFN. The summed E-state index contributed by atoms with van der Waals surface area (Å²) in [6.45, 7) is 2.21. The van der Waals surface area contributed by atoms with E-state index >= 15 is 0 Å². The van der Waals surface area contributed by atoms with Gasteiger partial charge >= 0.3 is 0 Å². The molecule has 16 heavy (non-hydrogen) atoms. The number of halogens is 2. The molecule has 0 saturated heterocycles. The van der Waals surface area contributed by atoms with Gasteiger partial charge in [0.2, 0.25) is 0 Å². The Hall–Kier alpha value is -0.570. The maximum absolute atomic E-state index is 13.6. The van der Waals surface area contributed by atoms with E-state index in [2.05, 4.69) is 28.2 Å². The average molecular weight is 286 g/mol. The van der Waals surface area contributed by atoms with Crippen molar-refractivity contribution in [2.45, 2.75) is 38.6 Å². The Bertz CT molecular complexity index is 367. The van der Waals surface area contributed by atoms with E-state index in [0.717, 1.165) is 10.9 Å². The smallest absolute Gasteiger partial charge is 0.146 e. The summed E-state index contributed by atoms with van der Waals surface area (Å²) in [5.74, 6) is 0.531. The minimum atomic E-state index is -0.162. The van der Waals surface area contributed by atoms with Gasteiger partial charge in [0.15, 0.2) is 0 Å². The molecule has 0 aliphatic heterocycles. The summed E-state index contributed by atoms with van der Waals surface area (Å²) in [5.41, 5.74) is 0.625. The normalized spacial score (nSPS) is 24.7. The van der Waals surface area contributed by atoms with Gasteiger partial charge in [0.25, 0.3) is 0 Å². The van der Waals surface area contributed by atoms with Crippen molar-refractivity contribution in [2.24, 2.45) is 5.92 Å². The van der Waals surface area contributed by atoms with Crippen LogP contribution in [-0.2, 0) is 0 Å². The van der Waals surface area contributed by atoms with Crippen molar-refractivity contribution in [3.05, 3.63) is 28.5 Å². The molecule has 0 aromatic heterocycles. The van der Waals surface area contributed by atoms with Crippen LogP contribution in [0.4, 0.5) is 10.1 Å². The van der Waals surface area contributed by atoms with Crippen LogP contribution in [0.2, 0.25) is 0 Å². The molecule has 0 bridgehead atoms. The minimum Gasteiger partial charge on any atom is -0.380 e. The highest BCUT2D eigenvalue weighted by Gasteiger charge is 2.26. The molecular weight excluding hydrogens is 269 g/mol. The maximum Gasteiger partial charge on any atom is 0.146 e. The van der Waals surface area contributed by atoms with Gasteiger partial charge in [-0.1, -0.05) is 35.7 Å². The molecule has 1 fully saturated rings. The van der Waals surface area contributed by atoms with Gasteiger partial charge in [-0.05, 0) is 37.0 Å².